The summed E-state index contributed by atoms with van der Waals surface area (Å²) in [5.41, 5.74) is -2.57. The van der Waals surface area contributed by atoms with E-state index >= 15 is 0 Å². The quantitative estimate of drug-likeness (QED) is 0.278. The van der Waals surface area contributed by atoms with E-state index in [2.05, 4.69) is 17.1 Å². The molecule has 0 bridgehead atoms. The standard InChI is InChI=1S/C31H52N2O10/c1-12-22-31(8)24(32-29(37)43-31)27(36)39-15-16(2)14-30(7,38-11)25(19(5)23(34)20(6)26(35)41-22)42-28-18(4)21(33(9)10)13-17(3)40-28/h16-22,24-25,28H,12-15H2,1-11H3,(H,32,37)/t16-,17-,18?,19+,20-,21?,22-,24-,25-,28+,30-,31-/m1/s1. The number of methoxy groups -OCH3 is 1. The Morgan fingerprint density at radius 2 is 1.67 bits per heavy atom. The van der Waals surface area contributed by atoms with E-state index in [0.29, 0.717) is 6.42 Å². The van der Waals surface area contributed by atoms with Crippen LogP contribution in [-0.2, 0) is 42.8 Å². The average Bonchev–Trinajstić information content (AvgIpc) is 3.27. The molecule has 0 aromatic carbocycles. The molecule has 3 aliphatic heterocycles. The molecule has 3 fully saturated rings. The van der Waals surface area contributed by atoms with Crippen molar-refractivity contribution in [3.63, 3.8) is 0 Å². The lowest BCUT2D eigenvalue weighted by molar-refractivity contribution is -0.281. The highest BCUT2D eigenvalue weighted by Gasteiger charge is 2.57. The normalized spacial score (nSPS) is 43.5. The molecule has 3 rings (SSSR count). The number of ether oxygens (including phenoxy) is 6. The minimum Gasteiger partial charge on any atom is -0.464 e. The Balaban J connectivity index is 2.02. The zero-order valence-electron chi connectivity index (χ0n) is 27.6. The highest BCUT2D eigenvalue weighted by atomic mass is 16.7. The number of alkyl carbamates (subject to hydrolysis) is 1. The number of nitrogens with zero attached hydrogens (tertiary/aromatic N) is 1. The van der Waals surface area contributed by atoms with Crippen molar-refractivity contribution in [2.75, 3.05) is 27.8 Å². The third kappa shape index (κ3) is 7.34. The lowest BCUT2D eigenvalue weighted by Crippen LogP contribution is -2.57. The summed E-state index contributed by atoms with van der Waals surface area (Å²) >= 11 is 0. The summed E-state index contributed by atoms with van der Waals surface area (Å²) < 4.78 is 36.1. The van der Waals surface area contributed by atoms with E-state index in [-0.39, 0.29) is 42.8 Å². The number of amides is 1. The number of hydrogen-bond acceptors (Lipinski definition) is 11. The zero-order chi connectivity index (χ0) is 32.4. The van der Waals surface area contributed by atoms with Crippen molar-refractivity contribution in [2.45, 2.75) is 123 Å². The first-order valence-corrected chi connectivity index (χ1v) is 15.4. The number of carbonyl (C=O) groups excluding carboxylic acids is 4. The Kier molecular flexibility index (Phi) is 11.3. The van der Waals surface area contributed by atoms with Gasteiger partial charge in [-0.05, 0) is 67.0 Å². The smallest absolute Gasteiger partial charge is 0.408 e. The van der Waals surface area contributed by atoms with Crippen molar-refractivity contribution in [2.24, 2.45) is 23.7 Å². The summed E-state index contributed by atoms with van der Waals surface area (Å²) in [6.45, 7) is 14.3. The Morgan fingerprint density at radius 1 is 1.02 bits per heavy atom. The van der Waals surface area contributed by atoms with Gasteiger partial charge in [-0.1, -0.05) is 27.7 Å². The molecule has 0 radical (unpaired) electrons. The molecule has 12 atom stereocenters. The molecule has 0 aromatic rings. The van der Waals surface area contributed by atoms with Crippen LogP contribution in [0.4, 0.5) is 4.79 Å². The fraction of sp³-hybridized carbons (Fsp3) is 0.871. The van der Waals surface area contributed by atoms with Crippen molar-refractivity contribution in [1.29, 1.82) is 0 Å². The molecule has 0 saturated carbocycles. The van der Waals surface area contributed by atoms with Gasteiger partial charge in [0.15, 0.2) is 23.7 Å². The van der Waals surface area contributed by atoms with Crippen LogP contribution >= 0.6 is 0 Å². The number of carbonyl (C=O) groups is 4. The number of Topliss-reactive ketones (excluding diaryl/α,β-unsaturated/α-hetero) is 1. The predicted octanol–water partition coefficient (Wildman–Crippen LogP) is 3.09. The highest BCUT2D eigenvalue weighted by Crippen LogP contribution is 2.38. The SMILES string of the molecule is CC[C@H]1OC(=O)[C@H](C)C(=O)[C@H](C)[C@@H](O[C@@H]2O[C@H](C)CC(N(C)C)C2C)[C@](C)(OC)C[C@@H](C)COC(=O)[C@H]2NC(=O)O[C@@]21C. The van der Waals surface area contributed by atoms with E-state index in [1.807, 2.05) is 34.9 Å². The Bertz CT molecular complexity index is 1040. The van der Waals surface area contributed by atoms with Crippen LogP contribution in [0.25, 0.3) is 0 Å². The minimum absolute atomic E-state index is 0.0122. The molecule has 3 aliphatic rings. The Labute approximate surface area is 255 Å². The van der Waals surface area contributed by atoms with Gasteiger partial charge in [0.25, 0.3) is 0 Å². The second-order valence-electron chi connectivity index (χ2n) is 13.4. The summed E-state index contributed by atoms with van der Waals surface area (Å²) in [4.78, 5) is 55.1. The largest absolute Gasteiger partial charge is 0.464 e. The molecule has 0 spiro atoms. The number of cyclic esters (lactones) is 2. The van der Waals surface area contributed by atoms with Gasteiger partial charge in [-0.2, -0.15) is 0 Å². The first-order chi connectivity index (χ1) is 20.0. The molecule has 2 unspecified atom stereocenters. The summed E-state index contributed by atoms with van der Waals surface area (Å²) in [5.74, 6) is -4.10. The molecule has 1 N–H and O–H groups in total. The van der Waals surface area contributed by atoms with Crippen LogP contribution in [0.15, 0.2) is 0 Å². The third-order valence-electron chi connectivity index (χ3n) is 9.59. The maximum Gasteiger partial charge on any atom is 0.408 e. The zero-order valence-corrected chi connectivity index (χ0v) is 27.6. The number of esters is 2. The van der Waals surface area contributed by atoms with Gasteiger partial charge in [0, 0.05) is 25.0 Å². The molecule has 3 saturated heterocycles. The van der Waals surface area contributed by atoms with Crippen LogP contribution in [0.1, 0.15) is 74.7 Å². The van der Waals surface area contributed by atoms with Gasteiger partial charge in [0.1, 0.15) is 12.0 Å². The number of fused-ring (bicyclic) bond motifs is 1. The maximum atomic E-state index is 14.0. The van der Waals surface area contributed by atoms with Gasteiger partial charge in [0.2, 0.25) is 0 Å². The van der Waals surface area contributed by atoms with Gasteiger partial charge >= 0.3 is 18.0 Å². The van der Waals surface area contributed by atoms with E-state index < -0.39 is 65.6 Å². The highest BCUT2D eigenvalue weighted by molar-refractivity contribution is 6.00. The lowest BCUT2D eigenvalue weighted by atomic mass is 9.78. The molecule has 0 aliphatic carbocycles. The summed E-state index contributed by atoms with van der Waals surface area (Å²) in [5, 5.41) is 2.50. The van der Waals surface area contributed by atoms with Gasteiger partial charge in [-0.3, -0.25) is 9.59 Å². The molecule has 12 heteroatoms. The van der Waals surface area contributed by atoms with Crippen molar-refractivity contribution >= 4 is 23.8 Å². The summed E-state index contributed by atoms with van der Waals surface area (Å²) in [6.07, 6.45) is -1.93. The molecule has 3 heterocycles. The molecular formula is C31H52N2O10. The van der Waals surface area contributed by atoms with Crippen LogP contribution in [0.2, 0.25) is 0 Å². The Hall–Kier alpha value is -2.28. The summed E-state index contributed by atoms with van der Waals surface area (Å²) in [6, 6.07) is -1.01. The monoisotopic (exact) mass is 612 g/mol. The van der Waals surface area contributed by atoms with Gasteiger partial charge in [0.05, 0.1) is 24.4 Å². The second-order valence-corrected chi connectivity index (χ2v) is 13.4. The molecule has 246 valence electrons. The molecule has 43 heavy (non-hydrogen) atoms. The van der Waals surface area contributed by atoms with E-state index in [1.165, 1.54) is 13.8 Å². The first kappa shape index (κ1) is 35.2. The van der Waals surface area contributed by atoms with Gasteiger partial charge < -0.3 is 38.6 Å². The van der Waals surface area contributed by atoms with E-state index in [9.17, 15) is 19.2 Å². The van der Waals surface area contributed by atoms with E-state index in [0.717, 1.165) is 6.42 Å². The second kappa shape index (κ2) is 13.8. The predicted molar refractivity (Wildman–Crippen MR) is 156 cm³/mol. The number of nitrogens with one attached hydrogen (secondary N) is 1. The fourth-order valence-corrected chi connectivity index (χ4v) is 6.89. The number of rotatable bonds is 5. The minimum atomic E-state index is -1.53. The van der Waals surface area contributed by atoms with Gasteiger partial charge in [-0.15, -0.1) is 0 Å². The van der Waals surface area contributed by atoms with Crippen molar-refractivity contribution < 1.29 is 47.6 Å². The number of hydrogen-bond donors (Lipinski definition) is 1. The van der Waals surface area contributed by atoms with Crippen molar-refractivity contribution in [1.82, 2.24) is 10.2 Å². The van der Waals surface area contributed by atoms with Crippen LogP contribution in [0.3, 0.4) is 0 Å². The van der Waals surface area contributed by atoms with Crippen LogP contribution < -0.4 is 5.32 Å². The molecule has 0 aromatic heterocycles. The topological polar surface area (TPSA) is 139 Å². The van der Waals surface area contributed by atoms with E-state index in [4.69, 9.17) is 28.4 Å². The van der Waals surface area contributed by atoms with Gasteiger partial charge in [-0.25, -0.2) is 9.59 Å². The van der Waals surface area contributed by atoms with Crippen molar-refractivity contribution in [3.05, 3.63) is 0 Å². The third-order valence-corrected chi connectivity index (χ3v) is 9.59. The van der Waals surface area contributed by atoms with Crippen LogP contribution in [-0.4, -0.2) is 104 Å². The summed E-state index contributed by atoms with van der Waals surface area (Å²) in [7, 11) is 5.60. The molecular weight excluding hydrogens is 560 g/mol. The number of ketones is 1. The van der Waals surface area contributed by atoms with Crippen LogP contribution in [0.5, 0.6) is 0 Å². The Morgan fingerprint density at radius 3 is 2.26 bits per heavy atom. The van der Waals surface area contributed by atoms with Crippen LogP contribution in [0, 0.1) is 23.7 Å². The first-order valence-electron chi connectivity index (χ1n) is 15.4. The average molecular weight is 613 g/mol. The fourth-order valence-electron chi connectivity index (χ4n) is 6.89. The van der Waals surface area contributed by atoms with Crippen molar-refractivity contribution in [3.8, 4) is 0 Å². The molecule has 12 nitrogen and oxygen atoms in total. The molecule has 1 amide bonds. The van der Waals surface area contributed by atoms with E-state index in [1.54, 1.807) is 21.0 Å². The maximum absolute atomic E-state index is 14.0. The lowest BCUT2D eigenvalue weighted by Gasteiger charge is -2.47.